The van der Waals surface area contributed by atoms with Crippen LogP contribution in [-0.4, -0.2) is 49.4 Å². The lowest BCUT2D eigenvalue weighted by molar-refractivity contribution is -0.137. The second-order valence-corrected chi connectivity index (χ2v) is 8.28. The van der Waals surface area contributed by atoms with Crippen LogP contribution in [0.4, 0.5) is 11.4 Å². The van der Waals surface area contributed by atoms with Gasteiger partial charge in [0.25, 0.3) is 0 Å². The van der Waals surface area contributed by atoms with Gasteiger partial charge in [-0.25, -0.2) is 0 Å². The molecule has 0 saturated carbocycles. The van der Waals surface area contributed by atoms with Gasteiger partial charge in [0.2, 0.25) is 17.7 Å². The third-order valence-corrected chi connectivity index (χ3v) is 5.53. The number of pyridine rings is 1. The summed E-state index contributed by atoms with van der Waals surface area (Å²) >= 11 is 0. The van der Waals surface area contributed by atoms with E-state index < -0.39 is 5.41 Å². The SMILES string of the molecule is CCN1C(=O)C(C)(C)C(=O)N(C)c2cc(OCCCNC(=O)Cc3cccnc3)ccc21. The molecule has 0 spiro atoms. The summed E-state index contributed by atoms with van der Waals surface area (Å²) in [6, 6.07) is 9.06. The first-order valence-electron chi connectivity index (χ1n) is 10.8. The Hall–Kier alpha value is -3.42. The monoisotopic (exact) mass is 438 g/mol. The fourth-order valence-corrected chi connectivity index (χ4v) is 3.71. The summed E-state index contributed by atoms with van der Waals surface area (Å²) in [5.74, 6) is 0.0721. The van der Waals surface area contributed by atoms with Gasteiger partial charge in [0.15, 0.2) is 0 Å². The molecule has 0 aliphatic carbocycles. The van der Waals surface area contributed by atoms with Gasteiger partial charge in [-0.05, 0) is 51.0 Å². The number of carbonyl (C=O) groups is 3. The van der Waals surface area contributed by atoms with Gasteiger partial charge in [-0.3, -0.25) is 19.4 Å². The average molecular weight is 439 g/mol. The highest BCUT2D eigenvalue weighted by atomic mass is 16.5. The number of nitrogens with one attached hydrogen (secondary N) is 1. The van der Waals surface area contributed by atoms with Crippen molar-refractivity contribution >= 4 is 29.1 Å². The zero-order valence-electron chi connectivity index (χ0n) is 19.1. The van der Waals surface area contributed by atoms with Crippen LogP contribution in [0.5, 0.6) is 5.75 Å². The minimum Gasteiger partial charge on any atom is -0.493 e. The highest BCUT2D eigenvalue weighted by Gasteiger charge is 2.45. The number of hydrogen-bond acceptors (Lipinski definition) is 5. The van der Waals surface area contributed by atoms with Gasteiger partial charge in [-0.1, -0.05) is 6.07 Å². The first-order chi connectivity index (χ1) is 15.3. The summed E-state index contributed by atoms with van der Waals surface area (Å²) in [5.41, 5.74) is 1.05. The molecule has 0 bridgehead atoms. The number of hydrogen-bond donors (Lipinski definition) is 1. The van der Waals surface area contributed by atoms with E-state index in [1.54, 1.807) is 56.4 Å². The van der Waals surface area contributed by atoms with Gasteiger partial charge in [0, 0.05) is 38.6 Å². The third-order valence-electron chi connectivity index (χ3n) is 5.53. The molecule has 1 aliphatic rings. The minimum absolute atomic E-state index is 0.0601. The van der Waals surface area contributed by atoms with Crippen molar-refractivity contribution in [3.63, 3.8) is 0 Å². The molecule has 0 fully saturated rings. The van der Waals surface area contributed by atoms with Crippen LogP contribution in [-0.2, 0) is 20.8 Å². The Morgan fingerprint density at radius 3 is 2.62 bits per heavy atom. The number of benzene rings is 1. The molecule has 0 unspecified atom stereocenters. The van der Waals surface area contributed by atoms with E-state index in [1.165, 1.54) is 4.90 Å². The van der Waals surface area contributed by atoms with E-state index in [0.717, 1.165) is 5.56 Å². The quantitative estimate of drug-likeness (QED) is 0.505. The van der Waals surface area contributed by atoms with Gasteiger partial charge in [-0.15, -0.1) is 0 Å². The van der Waals surface area contributed by atoms with Gasteiger partial charge in [0.1, 0.15) is 11.2 Å². The molecule has 32 heavy (non-hydrogen) atoms. The maximum absolute atomic E-state index is 12.9. The predicted molar refractivity (Wildman–Crippen MR) is 123 cm³/mol. The van der Waals surface area contributed by atoms with E-state index in [1.807, 2.05) is 19.1 Å². The average Bonchev–Trinajstić information content (AvgIpc) is 2.83. The molecule has 3 rings (SSSR count). The van der Waals surface area contributed by atoms with Crippen LogP contribution in [0, 0.1) is 5.41 Å². The topological polar surface area (TPSA) is 91.8 Å². The Bertz CT molecular complexity index is 991. The number of anilines is 2. The van der Waals surface area contributed by atoms with Gasteiger partial charge >= 0.3 is 0 Å². The van der Waals surface area contributed by atoms with Crippen molar-refractivity contribution in [1.82, 2.24) is 10.3 Å². The van der Waals surface area contributed by atoms with Crippen molar-refractivity contribution in [3.8, 4) is 5.75 Å². The van der Waals surface area contributed by atoms with Gasteiger partial charge in [0.05, 0.1) is 24.4 Å². The van der Waals surface area contributed by atoms with E-state index in [2.05, 4.69) is 10.3 Å². The van der Waals surface area contributed by atoms with Gasteiger partial charge < -0.3 is 19.9 Å². The van der Waals surface area contributed by atoms with Crippen LogP contribution in [0.2, 0.25) is 0 Å². The summed E-state index contributed by atoms with van der Waals surface area (Å²) in [6.45, 7) is 6.57. The fourth-order valence-electron chi connectivity index (χ4n) is 3.71. The molecule has 1 aromatic heterocycles. The highest BCUT2D eigenvalue weighted by molar-refractivity contribution is 6.20. The number of carbonyl (C=O) groups excluding carboxylic acids is 3. The van der Waals surface area contributed by atoms with E-state index >= 15 is 0 Å². The highest BCUT2D eigenvalue weighted by Crippen LogP contribution is 2.40. The molecule has 0 radical (unpaired) electrons. The lowest BCUT2D eigenvalue weighted by Gasteiger charge is -2.27. The normalized spacial score (nSPS) is 15.2. The standard InChI is InChI=1S/C24H30N4O4/c1-5-28-19-10-9-18(15-20(19)27(4)22(30)24(2,3)23(28)31)32-13-7-12-26-21(29)14-17-8-6-11-25-16-17/h6,8-11,15-16H,5,7,12-14H2,1-4H3,(H,26,29). The molecule has 1 aliphatic heterocycles. The van der Waals surface area contributed by atoms with Crippen molar-refractivity contribution < 1.29 is 19.1 Å². The molecule has 8 heteroatoms. The minimum atomic E-state index is -1.14. The second-order valence-electron chi connectivity index (χ2n) is 8.28. The second kappa shape index (κ2) is 9.80. The largest absolute Gasteiger partial charge is 0.493 e. The molecule has 8 nitrogen and oxygen atoms in total. The summed E-state index contributed by atoms with van der Waals surface area (Å²) in [5, 5.41) is 2.87. The molecule has 1 N–H and O–H groups in total. The molecule has 2 aromatic rings. The van der Waals surface area contributed by atoms with Crippen LogP contribution in [0.25, 0.3) is 0 Å². The van der Waals surface area contributed by atoms with E-state index in [4.69, 9.17) is 4.74 Å². The van der Waals surface area contributed by atoms with E-state index in [-0.39, 0.29) is 17.7 Å². The maximum atomic E-state index is 12.9. The lowest BCUT2D eigenvalue weighted by atomic mass is 9.90. The van der Waals surface area contributed by atoms with Crippen molar-refractivity contribution in [2.75, 3.05) is 36.5 Å². The van der Waals surface area contributed by atoms with E-state index in [0.29, 0.717) is 49.7 Å². The van der Waals surface area contributed by atoms with Crippen LogP contribution >= 0.6 is 0 Å². The molecule has 0 saturated heterocycles. The molecular formula is C24H30N4O4. The van der Waals surface area contributed by atoms with E-state index in [9.17, 15) is 14.4 Å². The molecule has 0 atom stereocenters. The Balaban J connectivity index is 1.58. The van der Waals surface area contributed by atoms with Gasteiger partial charge in [-0.2, -0.15) is 0 Å². The Morgan fingerprint density at radius 2 is 1.94 bits per heavy atom. The fraction of sp³-hybridized carbons (Fsp3) is 0.417. The maximum Gasteiger partial charge on any atom is 0.242 e. The number of aromatic nitrogens is 1. The van der Waals surface area contributed by atoms with Crippen LogP contribution in [0.1, 0.15) is 32.8 Å². The number of amides is 3. The number of rotatable bonds is 8. The molecule has 1 aromatic carbocycles. The summed E-state index contributed by atoms with van der Waals surface area (Å²) in [7, 11) is 1.68. The summed E-state index contributed by atoms with van der Waals surface area (Å²) < 4.78 is 5.84. The summed E-state index contributed by atoms with van der Waals surface area (Å²) in [4.78, 5) is 45.0. The van der Waals surface area contributed by atoms with Crippen LogP contribution < -0.4 is 19.9 Å². The first-order valence-corrected chi connectivity index (χ1v) is 10.8. The Morgan fingerprint density at radius 1 is 1.16 bits per heavy atom. The van der Waals surface area contributed by atoms with Crippen molar-refractivity contribution in [3.05, 3.63) is 48.3 Å². The molecule has 3 amide bonds. The number of nitrogens with zero attached hydrogens (tertiary/aromatic N) is 3. The zero-order chi connectivity index (χ0) is 23.3. The van der Waals surface area contributed by atoms with Crippen LogP contribution in [0.3, 0.4) is 0 Å². The number of fused-ring (bicyclic) bond motifs is 1. The Labute approximate surface area is 188 Å². The van der Waals surface area contributed by atoms with Crippen LogP contribution in [0.15, 0.2) is 42.7 Å². The zero-order valence-corrected chi connectivity index (χ0v) is 19.1. The van der Waals surface area contributed by atoms with Crippen molar-refractivity contribution in [2.45, 2.75) is 33.6 Å². The summed E-state index contributed by atoms with van der Waals surface area (Å²) in [6.07, 6.45) is 4.28. The third kappa shape index (κ3) is 4.90. The van der Waals surface area contributed by atoms with Crippen molar-refractivity contribution in [1.29, 1.82) is 0 Å². The van der Waals surface area contributed by atoms with Crippen molar-refractivity contribution in [2.24, 2.45) is 5.41 Å². The number of ether oxygens (including phenoxy) is 1. The molecule has 170 valence electrons. The lowest BCUT2D eigenvalue weighted by Crippen LogP contribution is -2.47. The predicted octanol–water partition coefficient (Wildman–Crippen LogP) is 2.56. The first kappa shape index (κ1) is 23.2. The Kier molecular flexibility index (Phi) is 7.12. The smallest absolute Gasteiger partial charge is 0.242 e. The molecule has 2 heterocycles. The molecular weight excluding hydrogens is 408 g/mol.